The largest absolute Gasteiger partial charge is 0.465 e. The van der Waals surface area contributed by atoms with Gasteiger partial charge in [-0.3, -0.25) is 9.59 Å². The summed E-state index contributed by atoms with van der Waals surface area (Å²) in [6.07, 6.45) is 6.29. The van der Waals surface area contributed by atoms with Crippen molar-refractivity contribution < 1.29 is 9.47 Å². The lowest BCUT2D eigenvalue weighted by molar-refractivity contribution is 0.303. The molecule has 12 nitrogen and oxygen atoms in total. The number of benzene rings is 1. The number of ether oxygens (including phenoxy) is 2. The molecule has 14 heteroatoms. The molecule has 7 rings (SSSR count). The van der Waals surface area contributed by atoms with Gasteiger partial charge in [0.1, 0.15) is 41.1 Å². The first-order valence-corrected chi connectivity index (χ1v) is 13.9. The van der Waals surface area contributed by atoms with Gasteiger partial charge < -0.3 is 9.47 Å². The summed E-state index contributed by atoms with van der Waals surface area (Å²) in [5, 5.41) is 0. The second-order valence-electron chi connectivity index (χ2n) is 8.43. The molecule has 0 saturated heterocycles. The second-order valence-corrected chi connectivity index (χ2v) is 10.4. The van der Waals surface area contributed by atoms with Crippen LogP contribution in [-0.4, -0.2) is 52.3 Å². The van der Waals surface area contributed by atoms with Crippen LogP contribution in [0.1, 0.15) is 13.8 Å². The Bertz CT molecular complexity index is 2050. The Hall–Kier alpha value is -4.82. The minimum Gasteiger partial charge on any atom is -0.465 e. The maximum Gasteiger partial charge on any atom is 0.304 e. The molecule has 40 heavy (non-hydrogen) atoms. The van der Waals surface area contributed by atoms with Crippen LogP contribution in [-0.2, 0) is 0 Å². The summed E-state index contributed by atoms with van der Waals surface area (Å²) in [6, 6.07) is 7.15. The van der Waals surface area contributed by atoms with Gasteiger partial charge in [0.05, 0.1) is 24.6 Å². The highest BCUT2D eigenvalue weighted by Gasteiger charge is 2.21. The molecule has 0 amide bonds. The Morgan fingerprint density at radius 3 is 1.43 bits per heavy atom. The first kappa shape index (κ1) is 24.2. The van der Waals surface area contributed by atoms with Crippen molar-refractivity contribution >= 4 is 63.8 Å². The number of rotatable bonds is 6. The van der Waals surface area contributed by atoms with E-state index in [0.717, 1.165) is 0 Å². The van der Waals surface area contributed by atoms with Crippen LogP contribution in [0.4, 0.5) is 0 Å². The zero-order valence-corrected chi connectivity index (χ0v) is 22.7. The molecular weight excluding hydrogens is 552 g/mol. The molecule has 0 bridgehead atoms. The van der Waals surface area contributed by atoms with Crippen LogP contribution in [0.15, 0.2) is 58.6 Å². The summed E-state index contributed by atoms with van der Waals surface area (Å²) in [4.78, 5) is 55.2. The molecule has 0 radical (unpaired) electrons. The molecule has 6 heterocycles. The number of hydrogen-bond donors (Lipinski definition) is 0. The summed E-state index contributed by atoms with van der Waals surface area (Å²) in [7, 11) is 0. The number of thiophene rings is 2. The fourth-order valence-corrected chi connectivity index (χ4v) is 6.39. The van der Waals surface area contributed by atoms with Crippen molar-refractivity contribution in [1.29, 1.82) is 0 Å². The zero-order valence-electron chi connectivity index (χ0n) is 21.1. The standard InChI is InChI=1S/C26H18N8O4S2/c1-3-37-25-31-15-17-21(29-11-9-27-17)39-19(15)23(35)33(25)13-5-7-14(8-6-13)34-24(36)20-16(32-26(34)38-4-2)18-22(40-20)30-12-10-28-18/h5-12H,3-4H2,1-2H3. The predicted molar refractivity (Wildman–Crippen MR) is 153 cm³/mol. The van der Waals surface area contributed by atoms with Crippen molar-refractivity contribution in [3.63, 3.8) is 0 Å². The van der Waals surface area contributed by atoms with Crippen molar-refractivity contribution in [2.24, 2.45) is 0 Å². The molecule has 1 aromatic carbocycles. The number of fused-ring (bicyclic) bond motifs is 6. The average Bonchev–Trinajstić information content (AvgIpc) is 3.53. The highest BCUT2D eigenvalue weighted by molar-refractivity contribution is 7.25. The molecule has 0 unspecified atom stereocenters. The van der Waals surface area contributed by atoms with Crippen LogP contribution in [0.5, 0.6) is 12.0 Å². The molecule has 7 aromatic rings. The molecule has 0 saturated carbocycles. The fourth-order valence-electron chi connectivity index (χ4n) is 4.45. The second kappa shape index (κ2) is 9.43. The molecule has 0 N–H and O–H groups in total. The fraction of sp³-hybridized carbons (Fsp3) is 0.154. The van der Waals surface area contributed by atoms with Crippen LogP contribution in [0.3, 0.4) is 0 Å². The Morgan fingerprint density at radius 2 is 1.02 bits per heavy atom. The normalized spacial score (nSPS) is 11.7. The van der Waals surface area contributed by atoms with E-state index >= 15 is 0 Å². The van der Waals surface area contributed by atoms with Gasteiger partial charge in [-0.2, -0.15) is 9.97 Å². The van der Waals surface area contributed by atoms with E-state index < -0.39 is 0 Å². The molecule has 0 spiro atoms. The monoisotopic (exact) mass is 570 g/mol. The van der Waals surface area contributed by atoms with E-state index in [1.165, 1.54) is 31.8 Å². The van der Waals surface area contributed by atoms with E-state index in [1.54, 1.807) is 49.1 Å². The average molecular weight is 571 g/mol. The third-order valence-electron chi connectivity index (χ3n) is 6.11. The van der Waals surface area contributed by atoms with E-state index in [9.17, 15) is 9.59 Å². The summed E-state index contributed by atoms with van der Waals surface area (Å²) < 4.78 is 15.2. The number of aromatic nitrogens is 8. The smallest absolute Gasteiger partial charge is 0.304 e. The summed E-state index contributed by atoms with van der Waals surface area (Å²) in [6.45, 7) is 4.25. The third kappa shape index (κ3) is 3.64. The van der Waals surface area contributed by atoms with Crippen LogP contribution in [0.25, 0.3) is 52.5 Å². The summed E-state index contributed by atoms with van der Waals surface area (Å²) in [5.74, 6) is 0. The maximum absolute atomic E-state index is 13.7. The van der Waals surface area contributed by atoms with Gasteiger partial charge in [0, 0.05) is 24.8 Å². The van der Waals surface area contributed by atoms with E-state index in [2.05, 4.69) is 29.9 Å². The van der Waals surface area contributed by atoms with E-state index in [4.69, 9.17) is 9.47 Å². The molecule has 0 fully saturated rings. The molecule has 0 aliphatic rings. The topological polar surface area (TPSA) is 140 Å². The lowest BCUT2D eigenvalue weighted by Gasteiger charge is -2.14. The Kier molecular flexibility index (Phi) is 5.71. The Labute approximate surface area is 232 Å². The van der Waals surface area contributed by atoms with Gasteiger partial charge in [-0.15, -0.1) is 22.7 Å². The first-order valence-electron chi connectivity index (χ1n) is 12.3. The van der Waals surface area contributed by atoms with E-state index in [0.29, 0.717) is 65.7 Å². The highest BCUT2D eigenvalue weighted by atomic mass is 32.1. The zero-order chi connectivity index (χ0) is 27.4. The molecule has 0 aliphatic heterocycles. The summed E-state index contributed by atoms with van der Waals surface area (Å²) >= 11 is 2.46. The maximum atomic E-state index is 13.7. The van der Waals surface area contributed by atoms with Crippen molar-refractivity contribution in [3.05, 3.63) is 69.8 Å². The van der Waals surface area contributed by atoms with Crippen LogP contribution in [0, 0.1) is 0 Å². The number of hydrogen-bond acceptors (Lipinski definition) is 12. The molecule has 198 valence electrons. The highest BCUT2D eigenvalue weighted by Crippen LogP contribution is 2.31. The first-order chi connectivity index (χ1) is 19.6. The van der Waals surface area contributed by atoms with Gasteiger partial charge in [-0.05, 0) is 38.1 Å². The molecule has 0 aliphatic carbocycles. The molecule has 0 atom stereocenters. The van der Waals surface area contributed by atoms with Crippen molar-refractivity contribution in [2.45, 2.75) is 13.8 Å². The van der Waals surface area contributed by atoms with Gasteiger partial charge in [0.15, 0.2) is 0 Å². The Balaban J connectivity index is 1.40. The van der Waals surface area contributed by atoms with Gasteiger partial charge in [-0.25, -0.2) is 29.1 Å². The quantitative estimate of drug-likeness (QED) is 0.289. The molecule has 6 aromatic heterocycles. The minimum absolute atomic E-state index is 0.138. The number of nitrogens with zero attached hydrogens (tertiary/aromatic N) is 8. The SMILES string of the molecule is CCOc1nc2c(sc3nccnc32)c(=O)n1-c1ccc(-n2c(OCC)nc3c(sc4nccnc43)c2=O)cc1. The predicted octanol–water partition coefficient (Wildman–Crippen LogP) is 3.89. The van der Waals surface area contributed by atoms with Gasteiger partial charge in [0.2, 0.25) is 0 Å². The summed E-state index contributed by atoms with van der Waals surface area (Å²) in [5.41, 5.74) is 2.45. The van der Waals surface area contributed by atoms with Gasteiger partial charge in [-0.1, -0.05) is 0 Å². The van der Waals surface area contributed by atoms with Gasteiger partial charge >= 0.3 is 12.0 Å². The minimum atomic E-state index is -0.300. The van der Waals surface area contributed by atoms with Crippen molar-refractivity contribution in [1.82, 2.24) is 39.0 Å². The Morgan fingerprint density at radius 1 is 0.625 bits per heavy atom. The van der Waals surface area contributed by atoms with Crippen molar-refractivity contribution in [2.75, 3.05) is 13.2 Å². The van der Waals surface area contributed by atoms with Crippen molar-refractivity contribution in [3.8, 4) is 23.4 Å². The molecular formula is C26H18N8O4S2. The van der Waals surface area contributed by atoms with Crippen LogP contribution < -0.4 is 20.6 Å². The lowest BCUT2D eigenvalue weighted by Crippen LogP contribution is -2.23. The third-order valence-corrected chi connectivity index (χ3v) is 8.24. The van der Waals surface area contributed by atoms with Crippen LogP contribution >= 0.6 is 22.7 Å². The van der Waals surface area contributed by atoms with Gasteiger partial charge in [0.25, 0.3) is 11.1 Å². The van der Waals surface area contributed by atoms with Crippen LogP contribution in [0.2, 0.25) is 0 Å². The van der Waals surface area contributed by atoms with E-state index in [-0.39, 0.29) is 23.1 Å². The van der Waals surface area contributed by atoms with E-state index in [1.807, 2.05) is 13.8 Å². The lowest BCUT2D eigenvalue weighted by atomic mass is 10.2.